The molecule has 0 unspecified atom stereocenters. The first-order chi connectivity index (χ1) is 13.8. The third-order valence-corrected chi connectivity index (χ3v) is 6.68. The molecule has 0 atom stereocenters. The SMILES string of the molecule is COC(=O)c1c(NC(=S)N2CCN(c3ccc(C(C)=O)cc3)CC2)sc(C)c1C. The highest BCUT2D eigenvalue weighted by atomic mass is 32.1. The standard InChI is InChI=1S/C21H25N3O3S2/c1-13-15(3)29-19(18(13)20(26)27-4)22-21(28)24-11-9-23(10-12-24)17-7-5-16(6-8-17)14(2)25/h5-8H,9-12H2,1-4H3,(H,22,28). The number of ketones is 1. The van der Waals surface area contributed by atoms with Crippen molar-refractivity contribution in [3.63, 3.8) is 0 Å². The van der Waals surface area contributed by atoms with Crippen LogP contribution in [-0.4, -0.2) is 55.1 Å². The predicted octanol–water partition coefficient (Wildman–Crippen LogP) is 3.87. The lowest BCUT2D eigenvalue weighted by Gasteiger charge is -2.37. The Hall–Kier alpha value is -2.45. The van der Waals surface area contributed by atoms with Gasteiger partial charge in [0.25, 0.3) is 0 Å². The Labute approximate surface area is 180 Å². The molecule has 3 rings (SSSR count). The summed E-state index contributed by atoms with van der Waals surface area (Å²) in [7, 11) is 1.39. The lowest BCUT2D eigenvalue weighted by Crippen LogP contribution is -2.50. The topological polar surface area (TPSA) is 61.9 Å². The van der Waals surface area contributed by atoms with Crippen molar-refractivity contribution in [3.8, 4) is 0 Å². The number of rotatable bonds is 4. The van der Waals surface area contributed by atoms with Crippen molar-refractivity contribution < 1.29 is 14.3 Å². The fourth-order valence-corrected chi connectivity index (χ4v) is 4.71. The van der Waals surface area contributed by atoms with E-state index in [4.69, 9.17) is 17.0 Å². The van der Waals surface area contributed by atoms with E-state index in [0.29, 0.717) is 10.7 Å². The molecule has 0 amide bonds. The predicted molar refractivity (Wildman–Crippen MR) is 122 cm³/mol. The number of thiocarbonyl (C=S) groups is 1. The van der Waals surface area contributed by atoms with Crippen molar-refractivity contribution in [3.05, 3.63) is 45.8 Å². The Morgan fingerprint density at radius 3 is 2.28 bits per heavy atom. The third kappa shape index (κ3) is 4.59. The van der Waals surface area contributed by atoms with E-state index in [2.05, 4.69) is 15.1 Å². The zero-order chi connectivity index (χ0) is 21.1. The Morgan fingerprint density at radius 2 is 1.72 bits per heavy atom. The number of esters is 1. The highest BCUT2D eigenvalue weighted by Crippen LogP contribution is 2.33. The van der Waals surface area contributed by atoms with Gasteiger partial charge in [-0.05, 0) is 62.8 Å². The minimum absolute atomic E-state index is 0.0724. The third-order valence-electron chi connectivity index (χ3n) is 5.20. The van der Waals surface area contributed by atoms with Crippen LogP contribution in [0.4, 0.5) is 10.7 Å². The summed E-state index contributed by atoms with van der Waals surface area (Å²) in [6.45, 7) is 8.68. The summed E-state index contributed by atoms with van der Waals surface area (Å²) in [5.74, 6) is -0.279. The summed E-state index contributed by atoms with van der Waals surface area (Å²) in [5, 5.41) is 4.60. The van der Waals surface area contributed by atoms with E-state index in [1.807, 2.05) is 38.1 Å². The van der Waals surface area contributed by atoms with Gasteiger partial charge in [0, 0.05) is 42.3 Å². The second-order valence-electron chi connectivity index (χ2n) is 6.99. The number of nitrogens with one attached hydrogen (secondary N) is 1. The van der Waals surface area contributed by atoms with Crippen molar-refractivity contribution in [1.29, 1.82) is 0 Å². The van der Waals surface area contributed by atoms with E-state index in [1.54, 1.807) is 6.92 Å². The molecule has 0 saturated carbocycles. The molecule has 6 nitrogen and oxygen atoms in total. The molecule has 29 heavy (non-hydrogen) atoms. The van der Waals surface area contributed by atoms with E-state index < -0.39 is 0 Å². The second kappa shape index (κ2) is 8.92. The van der Waals surface area contributed by atoms with Crippen LogP contribution in [-0.2, 0) is 4.74 Å². The number of carbonyl (C=O) groups excluding carboxylic acids is 2. The first-order valence-electron chi connectivity index (χ1n) is 9.42. The molecule has 1 aromatic carbocycles. The molecule has 2 heterocycles. The number of nitrogens with zero attached hydrogens (tertiary/aromatic N) is 2. The van der Waals surface area contributed by atoms with Crippen LogP contribution in [0.1, 0.15) is 38.1 Å². The summed E-state index contributed by atoms with van der Waals surface area (Å²) in [6, 6.07) is 7.71. The summed E-state index contributed by atoms with van der Waals surface area (Å²) in [6.07, 6.45) is 0. The summed E-state index contributed by atoms with van der Waals surface area (Å²) < 4.78 is 4.93. The average Bonchev–Trinajstić information content (AvgIpc) is 3.00. The molecule has 1 saturated heterocycles. The fourth-order valence-electron chi connectivity index (χ4n) is 3.31. The van der Waals surface area contributed by atoms with Crippen LogP contribution in [0.15, 0.2) is 24.3 Å². The maximum atomic E-state index is 12.2. The van der Waals surface area contributed by atoms with Crippen LogP contribution in [0.2, 0.25) is 0 Å². The van der Waals surface area contributed by atoms with Gasteiger partial charge in [0.2, 0.25) is 0 Å². The quantitative estimate of drug-likeness (QED) is 0.448. The first-order valence-corrected chi connectivity index (χ1v) is 10.6. The van der Waals surface area contributed by atoms with Crippen molar-refractivity contribution in [2.45, 2.75) is 20.8 Å². The smallest absolute Gasteiger partial charge is 0.341 e. The maximum absolute atomic E-state index is 12.2. The van der Waals surface area contributed by atoms with Crippen LogP contribution >= 0.6 is 23.6 Å². The lowest BCUT2D eigenvalue weighted by molar-refractivity contribution is 0.0601. The lowest BCUT2D eigenvalue weighted by atomic mass is 10.1. The highest BCUT2D eigenvalue weighted by Gasteiger charge is 2.24. The van der Waals surface area contributed by atoms with Gasteiger partial charge in [0.05, 0.1) is 12.7 Å². The summed E-state index contributed by atoms with van der Waals surface area (Å²) >= 11 is 7.12. The number of methoxy groups -OCH3 is 1. The van der Waals surface area contributed by atoms with Gasteiger partial charge in [-0.15, -0.1) is 11.3 Å². The minimum atomic E-state index is -0.351. The molecule has 1 N–H and O–H groups in total. The molecule has 0 aliphatic carbocycles. The zero-order valence-corrected chi connectivity index (χ0v) is 18.7. The van der Waals surface area contributed by atoms with Crippen molar-refractivity contribution >= 4 is 51.1 Å². The largest absolute Gasteiger partial charge is 0.465 e. The first kappa shape index (κ1) is 21.3. The fraction of sp³-hybridized carbons (Fsp3) is 0.381. The van der Waals surface area contributed by atoms with Crippen molar-refractivity contribution in [2.24, 2.45) is 0 Å². The number of carbonyl (C=O) groups is 2. The van der Waals surface area contributed by atoms with E-state index in [0.717, 1.165) is 52.9 Å². The van der Waals surface area contributed by atoms with Gasteiger partial charge < -0.3 is 19.9 Å². The van der Waals surface area contributed by atoms with Gasteiger partial charge in [-0.25, -0.2) is 4.79 Å². The van der Waals surface area contributed by atoms with Gasteiger partial charge >= 0.3 is 5.97 Å². The van der Waals surface area contributed by atoms with E-state index in [-0.39, 0.29) is 11.8 Å². The minimum Gasteiger partial charge on any atom is -0.465 e. The van der Waals surface area contributed by atoms with Gasteiger partial charge in [-0.2, -0.15) is 0 Å². The molecular formula is C21H25N3O3S2. The number of ether oxygens (including phenoxy) is 1. The second-order valence-corrected chi connectivity index (χ2v) is 8.60. The molecule has 0 radical (unpaired) electrons. The monoisotopic (exact) mass is 431 g/mol. The number of Topliss-reactive ketones (excluding diaryl/α,β-unsaturated/α-hetero) is 1. The Bertz CT molecular complexity index is 929. The number of thiophene rings is 1. The number of piperazine rings is 1. The molecule has 1 aliphatic heterocycles. The van der Waals surface area contributed by atoms with Gasteiger partial charge in [-0.1, -0.05) is 0 Å². The molecule has 0 bridgehead atoms. The average molecular weight is 432 g/mol. The van der Waals surface area contributed by atoms with Gasteiger partial charge in [0.1, 0.15) is 5.00 Å². The van der Waals surface area contributed by atoms with Crippen molar-refractivity contribution in [1.82, 2.24) is 4.90 Å². The van der Waals surface area contributed by atoms with E-state index >= 15 is 0 Å². The molecule has 2 aromatic rings. The van der Waals surface area contributed by atoms with E-state index in [1.165, 1.54) is 18.4 Å². The van der Waals surface area contributed by atoms with Crippen LogP contribution in [0.5, 0.6) is 0 Å². The number of hydrogen-bond donors (Lipinski definition) is 1. The zero-order valence-electron chi connectivity index (χ0n) is 17.1. The summed E-state index contributed by atoms with van der Waals surface area (Å²) in [5.41, 5.74) is 3.30. The van der Waals surface area contributed by atoms with Crippen LogP contribution in [0, 0.1) is 13.8 Å². The van der Waals surface area contributed by atoms with Crippen LogP contribution in [0.25, 0.3) is 0 Å². The Balaban J connectivity index is 1.63. The molecule has 1 aliphatic rings. The molecular weight excluding hydrogens is 406 g/mol. The molecule has 8 heteroatoms. The van der Waals surface area contributed by atoms with Crippen molar-refractivity contribution in [2.75, 3.05) is 43.5 Å². The normalized spacial score (nSPS) is 13.9. The molecule has 1 fully saturated rings. The molecule has 0 spiro atoms. The number of aryl methyl sites for hydroxylation is 1. The number of hydrogen-bond acceptors (Lipinski definition) is 6. The van der Waals surface area contributed by atoms with Gasteiger partial charge in [0.15, 0.2) is 10.9 Å². The molecule has 154 valence electrons. The highest BCUT2D eigenvalue weighted by molar-refractivity contribution is 7.80. The van der Waals surface area contributed by atoms with Gasteiger partial charge in [-0.3, -0.25) is 4.79 Å². The number of benzene rings is 1. The van der Waals surface area contributed by atoms with Crippen LogP contribution < -0.4 is 10.2 Å². The Kier molecular flexibility index (Phi) is 6.54. The number of anilines is 2. The summed E-state index contributed by atoms with van der Waals surface area (Å²) in [4.78, 5) is 29.0. The maximum Gasteiger partial charge on any atom is 0.341 e. The van der Waals surface area contributed by atoms with Crippen LogP contribution in [0.3, 0.4) is 0 Å². The Morgan fingerprint density at radius 1 is 1.10 bits per heavy atom. The van der Waals surface area contributed by atoms with E-state index in [9.17, 15) is 9.59 Å². The molecule has 1 aromatic heterocycles.